The minimum atomic E-state index is -1.92. The Morgan fingerprint density at radius 3 is 2.70 bits per heavy atom. The lowest BCUT2D eigenvalue weighted by Crippen LogP contribution is -2.44. The lowest BCUT2D eigenvalue weighted by atomic mass is 10.2. The number of halogens is 1. The Bertz CT molecular complexity index is 813. The monoisotopic (exact) mass is 568 g/mol. The number of hydrogen-bond acceptors (Lipinski definition) is 7. The molecule has 8 nitrogen and oxygen atoms in total. The Kier molecular flexibility index (Phi) is 8.96. The van der Waals surface area contributed by atoms with Crippen LogP contribution in [0.25, 0.3) is 0 Å². The first-order chi connectivity index (χ1) is 13.9. The van der Waals surface area contributed by atoms with E-state index in [1.807, 2.05) is 20.4 Å². The molecule has 11 heteroatoms. The SMILES string of the molecule is CSOC1C[C@H](n2cc(I)c(N=CN(C)C)nc2=O)O[C@@H]1CO[Si](C)(C)C(C)(C)C. The Labute approximate surface area is 198 Å². The van der Waals surface area contributed by atoms with E-state index in [9.17, 15) is 4.79 Å². The number of aromatic nitrogens is 2. The molecule has 1 aliphatic heterocycles. The predicted molar refractivity (Wildman–Crippen MR) is 133 cm³/mol. The van der Waals surface area contributed by atoms with Crippen molar-refractivity contribution in [3.05, 3.63) is 20.3 Å². The number of hydrogen-bond donors (Lipinski definition) is 0. The molecule has 0 saturated carbocycles. The number of ether oxygens (including phenoxy) is 1. The Morgan fingerprint density at radius 2 is 2.13 bits per heavy atom. The summed E-state index contributed by atoms with van der Waals surface area (Å²) in [7, 11) is 1.81. The molecular formula is C19H33IN4O4SSi. The van der Waals surface area contributed by atoms with Crippen LogP contribution in [0.15, 0.2) is 16.0 Å². The molecule has 1 unspecified atom stereocenters. The standard InChI is InChI=1S/C19H33IN4O4SSi/c1-19(2,3)30(7,8)26-11-15-14(28-29-6)9-16(27-15)24-10-13(20)17(22-18(24)25)21-12-23(4)5/h10,12,14-16H,9,11H2,1-8H3/t14?,15-,16-/m1/s1. The summed E-state index contributed by atoms with van der Waals surface area (Å²) >= 11 is 3.44. The highest BCUT2D eigenvalue weighted by Gasteiger charge is 2.42. The van der Waals surface area contributed by atoms with Crippen LogP contribution in [-0.4, -0.2) is 68.3 Å². The van der Waals surface area contributed by atoms with E-state index in [1.54, 1.807) is 17.4 Å². The molecule has 0 bridgehead atoms. The molecule has 1 aliphatic rings. The predicted octanol–water partition coefficient (Wildman–Crippen LogP) is 4.04. The van der Waals surface area contributed by atoms with Crippen molar-refractivity contribution in [1.82, 2.24) is 14.5 Å². The maximum Gasteiger partial charge on any atom is 0.351 e. The van der Waals surface area contributed by atoms with E-state index in [0.717, 1.165) is 3.57 Å². The maximum absolute atomic E-state index is 12.7. The highest BCUT2D eigenvalue weighted by Crippen LogP contribution is 2.38. The lowest BCUT2D eigenvalue weighted by Gasteiger charge is -2.37. The van der Waals surface area contributed by atoms with E-state index in [-0.39, 0.29) is 22.9 Å². The Morgan fingerprint density at radius 1 is 1.47 bits per heavy atom. The van der Waals surface area contributed by atoms with Crippen molar-refractivity contribution in [2.45, 2.75) is 63.8 Å². The van der Waals surface area contributed by atoms with Gasteiger partial charge in [-0.1, -0.05) is 20.8 Å². The van der Waals surface area contributed by atoms with Crippen molar-refractivity contribution >= 4 is 55.1 Å². The zero-order valence-corrected chi connectivity index (χ0v) is 23.0. The molecule has 0 aliphatic carbocycles. The first-order valence-corrected chi connectivity index (χ1v) is 15.0. The summed E-state index contributed by atoms with van der Waals surface area (Å²) in [6.45, 7) is 11.5. The van der Waals surface area contributed by atoms with E-state index in [4.69, 9.17) is 13.3 Å². The van der Waals surface area contributed by atoms with E-state index in [1.165, 1.54) is 16.6 Å². The largest absolute Gasteiger partial charge is 0.414 e. The van der Waals surface area contributed by atoms with Crippen LogP contribution in [0.5, 0.6) is 0 Å². The number of nitrogens with zero attached hydrogens (tertiary/aromatic N) is 4. The van der Waals surface area contributed by atoms with Gasteiger partial charge in [-0.2, -0.15) is 4.98 Å². The topological polar surface area (TPSA) is 78.2 Å². The first kappa shape index (κ1) is 25.8. The van der Waals surface area contributed by atoms with Gasteiger partial charge in [-0.05, 0) is 52.8 Å². The maximum atomic E-state index is 12.7. The van der Waals surface area contributed by atoms with Crippen LogP contribution in [0.4, 0.5) is 5.82 Å². The third-order valence-electron chi connectivity index (χ3n) is 5.42. The van der Waals surface area contributed by atoms with Gasteiger partial charge >= 0.3 is 5.69 Å². The highest BCUT2D eigenvalue weighted by molar-refractivity contribution is 14.1. The lowest BCUT2D eigenvalue weighted by molar-refractivity contribution is -0.0373. The van der Waals surface area contributed by atoms with Crippen LogP contribution < -0.4 is 5.69 Å². The van der Waals surface area contributed by atoms with Crippen LogP contribution in [0.1, 0.15) is 33.4 Å². The first-order valence-electron chi connectivity index (χ1n) is 9.84. The summed E-state index contributed by atoms with van der Waals surface area (Å²) in [4.78, 5) is 22.8. The van der Waals surface area contributed by atoms with Crippen molar-refractivity contribution in [3.63, 3.8) is 0 Å². The summed E-state index contributed by atoms with van der Waals surface area (Å²) in [5.74, 6) is 0.401. The average Bonchev–Trinajstić information content (AvgIpc) is 3.02. The van der Waals surface area contributed by atoms with Crippen LogP contribution in [-0.2, 0) is 13.3 Å². The Balaban J connectivity index is 2.19. The van der Waals surface area contributed by atoms with Crippen molar-refractivity contribution in [3.8, 4) is 0 Å². The second-order valence-corrected chi connectivity index (χ2v) is 15.5. The van der Waals surface area contributed by atoms with Gasteiger partial charge in [-0.15, -0.1) is 0 Å². The van der Waals surface area contributed by atoms with Gasteiger partial charge in [0.15, 0.2) is 14.1 Å². The zero-order chi connectivity index (χ0) is 22.7. The molecule has 0 amide bonds. The summed E-state index contributed by atoms with van der Waals surface area (Å²) in [5, 5.41) is 0.112. The van der Waals surface area contributed by atoms with Crippen LogP contribution in [0.3, 0.4) is 0 Å². The molecule has 170 valence electrons. The van der Waals surface area contributed by atoms with Crippen molar-refractivity contribution < 1.29 is 13.3 Å². The van der Waals surface area contributed by atoms with E-state index < -0.39 is 14.5 Å². The normalized spacial score (nSPS) is 22.8. The van der Waals surface area contributed by atoms with E-state index >= 15 is 0 Å². The number of aliphatic imine (C=N–C) groups is 1. The van der Waals surface area contributed by atoms with Crippen molar-refractivity contribution in [2.75, 3.05) is 27.0 Å². The summed E-state index contributed by atoms with van der Waals surface area (Å²) in [6, 6.07) is 0. The van der Waals surface area contributed by atoms with E-state index in [2.05, 4.69) is 66.4 Å². The summed E-state index contributed by atoms with van der Waals surface area (Å²) in [5.41, 5.74) is -0.389. The van der Waals surface area contributed by atoms with Gasteiger partial charge in [-0.25, -0.2) is 9.79 Å². The van der Waals surface area contributed by atoms with Crippen molar-refractivity contribution in [1.29, 1.82) is 0 Å². The minimum Gasteiger partial charge on any atom is -0.414 e. The molecule has 2 heterocycles. The summed E-state index contributed by atoms with van der Waals surface area (Å²) in [6.07, 6.45) is 4.96. The molecular weight excluding hydrogens is 535 g/mol. The van der Waals surface area contributed by atoms with Gasteiger partial charge in [0.05, 0.1) is 16.5 Å². The van der Waals surface area contributed by atoms with Gasteiger partial charge in [0.2, 0.25) is 0 Å². The molecule has 0 radical (unpaired) electrons. The van der Waals surface area contributed by atoms with E-state index in [0.29, 0.717) is 18.8 Å². The van der Waals surface area contributed by atoms with Crippen LogP contribution in [0.2, 0.25) is 18.1 Å². The van der Waals surface area contributed by atoms with Gasteiger partial charge < -0.3 is 18.2 Å². The van der Waals surface area contributed by atoms with Crippen LogP contribution in [0, 0.1) is 3.57 Å². The van der Waals surface area contributed by atoms with Crippen LogP contribution >= 0.6 is 34.6 Å². The fraction of sp³-hybridized carbons (Fsp3) is 0.737. The minimum absolute atomic E-state index is 0.112. The molecule has 2 rings (SSSR count). The molecule has 1 aromatic heterocycles. The van der Waals surface area contributed by atoms with Gasteiger partial charge in [0.25, 0.3) is 0 Å². The molecule has 3 atom stereocenters. The Hall–Kier alpha value is -0.473. The summed E-state index contributed by atoms with van der Waals surface area (Å²) < 4.78 is 20.7. The van der Waals surface area contributed by atoms with Gasteiger partial charge in [-0.3, -0.25) is 4.57 Å². The molecule has 1 saturated heterocycles. The second-order valence-electron chi connectivity index (χ2n) is 9.05. The fourth-order valence-corrected chi connectivity index (χ4v) is 4.68. The van der Waals surface area contributed by atoms with Crippen molar-refractivity contribution in [2.24, 2.45) is 4.99 Å². The molecule has 0 N–H and O–H groups in total. The smallest absolute Gasteiger partial charge is 0.351 e. The molecule has 1 fully saturated rings. The third-order valence-corrected chi connectivity index (χ3v) is 11.1. The second kappa shape index (κ2) is 10.4. The van der Waals surface area contributed by atoms with Gasteiger partial charge in [0.1, 0.15) is 18.4 Å². The zero-order valence-electron chi connectivity index (χ0n) is 19.0. The number of rotatable bonds is 8. The molecule has 30 heavy (non-hydrogen) atoms. The highest BCUT2D eigenvalue weighted by atomic mass is 127. The average molecular weight is 569 g/mol. The molecule has 0 spiro atoms. The molecule has 0 aromatic carbocycles. The third kappa shape index (κ3) is 6.51. The molecule has 1 aromatic rings. The quantitative estimate of drug-likeness (QED) is 0.154. The fourth-order valence-electron chi connectivity index (χ4n) is 2.66. The van der Waals surface area contributed by atoms with Gasteiger partial charge in [0, 0.05) is 33.0 Å².